The lowest BCUT2D eigenvalue weighted by molar-refractivity contribution is 0.711. The third kappa shape index (κ3) is 1.67. The first-order chi connectivity index (χ1) is 4.33. The lowest BCUT2D eigenvalue weighted by Gasteiger charge is -2.11. The van der Waals surface area contributed by atoms with Crippen molar-refractivity contribution in [1.29, 1.82) is 0 Å². The highest BCUT2D eigenvalue weighted by molar-refractivity contribution is 5.73. The van der Waals surface area contributed by atoms with E-state index >= 15 is 0 Å². The van der Waals surface area contributed by atoms with Gasteiger partial charge in [0.1, 0.15) is 0 Å². The maximum atomic E-state index is 4.23. The van der Waals surface area contributed by atoms with Crippen molar-refractivity contribution in [3.05, 3.63) is 11.6 Å². The summed E-state index contributed by atoms with van der Waals surface area (Å²) in [6, 6.07) is 0.518. The Hall–Kier alpha value is -0.590. The fourth-order valence-electron chi connectivity index (χ4n) is 1.06. The molecule has 0 bridgehead atoms. The van der Waals surface area contributed by atoms with Crippen LogP contribution in [0.2, 0.25) is 0 Å². The molecule has 0 saturated heterocycles. The van der Waals surface area contributed by atoms with Crippen molar-refractivity contribution >= 4 is 6.21 Å². The SMILES string of the molecule is CCC1=CC=NC(C)C1. The van der Waals surface area contributed by atoms with Crippen LogP contribution in [0.5, 0.6) is 0 Å². The molecular weight excluding hydrogens is 110 g/mol. The minimum atomic E-state index is 0.518. The first kappa shape index (κ1) is 6.53. The van der Waals surface area contributed by atoms with E-state index in [1.165, 1.54) is 12.0 Å². The van der Waals surface area contributed by atoms with E-state index in [1.807, 2.05) is 6.21 Å². The third-order valence-corrected chi connectivity index (χ3v) is 1.66. The Balaban J connectivity index is 2.55. The van der Waals surface area contributed by atoms with E-state index in [0.717, 1.165) is 6.42 Å². The van der Waals surface area contributed by atoms with E-state index in [-0.39, 0.29) is 0 Å². The number of rotatable bonds is 1. The molecular formula is C8H13N. The highest BCUT2D eigenvalue weighted by Gasteiger charge is 2.03. The summed E-state index contributed by atoms with van der Waals surface area (Å²) in [7, 11) is 0. The van der Waals surface area contributed by atoms with Gasteiger partial charge in [-0.25, -0.2) is 0 Å². The van der Waals surface area contributed by atoms with Crippen LogP contribution in [0.15, 0.2) is 16.6 Å². The molecule has 1 heteroatoms. The van der Waals surface area contributed by atoms with E-state index in [1.54, 1.807) is 0 Å². The van der Waals surface area contributed by atoms with Gasteiger partial charge < -0.3 is 0 Å². The van der Waals surface area contributed by atoms with Gasteiger partial charge in [-0.3, -0.25) is 4.99 Å². The Morgan fingerprint density at radius 2 is 2.56 bits per heavy atom. The predicted molar refractivity (Wildman–Crippen MR) is 40.9 cm³/mol. The molecule has 1 heterocycles. The average molecular weight is 123 g/mol. The molecule has 1 nitrogen and oxygen atoms in total. The Morgan fingerprint density at radius 3 is 3.00 bits per heavy atom. The largest absolute Gasteiger partial charge is 0.290 e. The molecule has 0 amide bonds. The Kier molecular flexibility index (Phi) is 2.04. The third-order valence-electron chi connectivity index (χ3n) is 1.66. The molecule has 0 spiro atoms. The highest BCUT2D eigenvalue weighted by Crippen LogP contribution is 2.13. The Morgan fingerprint density at radius 1 is 1.78 bits per heavy atom. The van der Waals surface area contributed by atoms with Gasteiger partial charge in [-0.2, -0.15) is 0 Å². The van der Waals surface area contributed by atoms with Gasteiger partial charge in [-0.15, -0.1) is 0 Å². The number of hydrogen-bond donors (Lipinski definition) is 0. The highest BCUT2D eigenvalue weighted by atomic mass is 14.8. The van der Waals surface area contributed by atoms with E-state index in [0.29, 0.717) is 6.04 Å². The Bertz CT molecular complexity index is 145. The monoisotopic (exact) mass is 123 g/mol. The summed E-state index contributed by atoms with van der Waals surface area (Å²) < 4.78 is 0. The molecule has 1 aliphatic rings. The quantitative estimate of drug-likeness (QED) is 0.506. The van der Waals surface area contributed by atoms with Crippen molar-refractivity contribution < 1.29 is 0 Å². The van der Waals surface area contributed by atoms with Crippen molar-refractivity contribution in [3.63, 3.8) is 0 Å². The van der Waals surface area contributed by atoms with Crippen LogP contribution in [0.25, 0.3) is 0 Å². The van der Waals surface area contributed by atoms with Crippen LogP contribution in [0.3, 0.4) is 0 Å². The van der Waals surface area contributed by atoms with E-state index in [2.05, 4.69) is 24.9 Å². The van der Waals surface area contributed by atoms with Gasteiger partial charge in [0.2, 0.25) is 0 Å². The second-order valence-electron chi connectivity index (χ2n) is 2.53. The number of nitrogens with zero attached hydrogens (tertiary/aromatic N) is 1. The lowest BCUT2D eigenvalue weighted by atomic mass is 10.0. The van der Waals surface area contributed by atoms with E-state index in [4.69, 9.17) is 0 Å². The number of dihydropyridines is 1. The molecule has 0 radical (unpaired) electrons. The molecule has 9 heavy (non-hydrogen) atoms. The summed E-state index contributed by atoms with van der Waals surface area (Å²) in [5.41, 5.74) is 1.53. The molecule has 1 rings (SSSR count). The summed E-state index contributed by atoms with van der Waals surface area (Å²) >= 11 is 0. The fourth-order valence-corrected chi connectivity index (χ4v) is 1.06. The second-order valence-corrected chi connectivity index (χ2v) is 2.53. The Labute approximate surface area is 56.5 Å². The topological polar surface area (TPSA) is 12.4 Å². The van der Waals surface area contributed by atoms with Crippen LogP contribution in [0.1, 0.15) is 26.7 Å². The molecule has 1 aliphatic heterocycles. The van der Waals surface area contributed by atoms with Crippen LogP contribution in [-0.4, -0.2) is 12.3 Å². The fraction of sp³-hybridized carbons (Fsp3) is 0.625. The normalized spacial score (nSPS) is 26.0. The van der Waals surface area contributed by atoms with Gasteiger partial charge in [0.05, 0.1) is 6.04 Å². The van der Waals surface area contributed by atoms with Crippen molar-refractivity contribution in [1.82, 2.24) is 0 Å². The van der Waals surface area contributed by atoms with Crippen molar-refractivity contribution in [2.24, 2.45) is 4.99 Å². The standard InChI is InChI=1S/C8H13N/c1-3-8-4-5-9-7(2)6-8/h4-5,7H,3,6H2,1-2H3. The van der Waals surface area contributed by atoms with Crippen LogP contribution in [0, 0.1) is 0 Å². The van der Waals surface area contributed by atoms with Gasteiger partial charge in [0.15, 0.2) is 0 Å². The average Bonchev–Trinajstić information content (AvgIpc) is 1.88. The first-order valence-corrected chi connectivity index (χ1v) is 3.54. The van der Waals surface area contributed by atoms with Crippen LogP contribution in [0.4, 0.5) is 0 Å². The maximum Gasteiger partial charge on any atom is 0.0508 e. The van der Waals surface area contributed by atoms with Crippen LogP contribution >= 0.6 is 0 Å². The molecule has 0 aliphatic carbocycles. The zero-order valence-electron chi connectivity index (χ0n) is 6.09. The molecule has 0 saturated carbocycles. The summed E-state index contributed by atoms with van der Waals surface area (Å²) in [4.78, 5) is 4.23. The predicted octanol–water partition coefficient (Wildman–Crippen LogP) is 2.19. The molecule has 1 atom stereocenters. The zero-order chi connectivity index (χ0) is 6.69. The van der Waals surface area contributed by atoms with Gasteiger partial charge in [0.25, 0.3) is 0 Å². The van der Waals surface area contributed by atoms with Gasteiger partial charge in [-0.05, 0) is 25.8 Å². The second kappa shape index (κ2) is 2.81. The smallest absolute Gasteiger partial charge is 0.0508 e. The molecule has 1 unspecified atom stereocenters. The summed E-state index contributed by atoms with van der Waals surface area (Å²) in [6.45, 7) is 4.34. The van der Waals surface area contributed by atoms with Crippen LogP contribution < -0.4 is 0 Å². The van der Waals surface area contributed by atoms with Crippen molar-refractivity contribution in [3.8, 4) is 0 Å². The van der Waals surface area contributed by atoms with Gasteiger partial charge in [-0.1, -0.05) is 12.5 Å². The number of hydrogen-bond acceptors (Lipinski definition) is 1. The summed E-state index contributed by atoms with van der Waals surface area (Å²) in [5, 5.41) is 0. The minimum Gasteiger partial charge on any atom is -0.290 e. The molecule has 0 N–H and O–H groups in total. The minimum absolute atomic E-state index is 0.518. The summed E-state index contributed by atoms with van der Waals surface area (Å²) in [6.07, 6.45) is 6.39. The lowest BCUT2D eigenvalue weighted by Crippen LogP contribution is -2.04. The molecule has 0 aromatic heterocycles. The first-order valence-electron chi connectivity index (χ1n) is 3.54. The number of allylic oxidation sites excluding steroid dienone is 1. The molecule has 0 fully saturated rings. The molecule has 50 valence electrons. The van der Waals surface area contributed by atoms with Crippen LogP contribution in [-0.2, 0) is 0 Å². The van der Waals surface area contributed by atoms with E-state index < -0.39 is 0 Å². The van der Waals surface area contributed by atoms with Crippen molar-refractivity contribution in [2.45, 2.75) is 32.7 Å². The van der Waals surface area contributed by atoms with Crippen molar-refractivity contribution in [2.75, 3.05) is 0 Å². The maximum absolute atomic E-state index is 4.23. The summed E-state index contributed by atoms with van der Waals surface area (Å²) in [5.74, 6) is 0. The van der Waals surface area contributed by atoms with E-state index in [9.17, 15) is 0 Å². The zero-order valence-corrected chi connectivity index (χ0v) is 6.09. The van der Waals surface area contributed by atoms with Gasteiger partial charge >= 0.3 is 0 Å². The molecule has 0 aromatic carbocycles. The number of aliphatic imine (C=N–C) groups is 1. The molecule has 0 aromatic rings. The van der Waals surface area contributed by atoms with Gasteiger partial charge in [0, 0.05) is 6.21 Å².